The molecule has 2 heterocycles. The molecule has 4 aliphatic rings. The molecule has 0 bridgehead atoms. The van der Waals surface area contributed by atoms with Crippen LogP contribution in [0.15, 0.2) is 72.5 Å². The number of rotatable bonds is 23. The zero-order chi connectivity index (χ0) is 47.3. The molecular weight excluding hydrogens is 861 g/mol. The summed E-state index contributed by atoms with van der Waals surface area (Å²) >= 11 is 0. The lowest BCUT2D eigenvalue weighted by Gasteiger charge is -2.64. The Morgan fingerprint density at radius 3 is 1.92 bits per heavy atom. The van der Waals surface area contributed by atoms with Gasteiger partial charge in [0.15, 0.2) is 22.4 Å². The lowest BCUT2D eigenvalue weighted by molar-refractivity contribution is -0.267. The molecule has 9 atom stereocenters. The number of ketones is 1. The van der Waals surface area contributed by atoms with Crippen molar-refractivity contribution in [1.29, 1.82) is 0 Å². The molecular formula is C51H74O12Si2. The van der Waals surface area contributed by atoms with Gasteiger partial charge in [0.05, 0.1) is 71.3 Å². The van der Waals surface area contributed by atoms with E-state index in [1.54, 1.807) is 7.11 Å². The molecule has 0 aromatic heterocycles. The average Bonchev–Trinajstić information content (AvgIpc) is 3.94. The van der Waals surface area contributed by atoms with Gasteiger partial charge in [-0.2, -0.15) is 0 Å². The summed E-state index contributed by atoms with van der Waals surface area (Å²) in [4.78, 5) is 46.2. The van der Waals surface area contributed by atoms with E-state index in [0.717, 1.165) is 53.1 Å². The van der Waals surface area contributed by atoms with Crippen molar-refractivity contribution in [1.82, 2.24) is 0 Å². The maximum absolute atomic E-state index is 16.1. The second-order valence-electron chi connectivity index (χ2n) is 18.7. The van der Waals surface area contributed by atoms with Crippen molar-refractivity contribution >= 4 is 34.4 Å². The van der Waals surface area contributed by atoms with Crippen LogP contribution < -0.4 is 4.74 Å². The van der Waals surface area contributed by atoms with Crippen LogP contribution in [0.3, 0.4) is 0 Å². The van der Waals surface area contributed by atoms with Gasteiger partial charge in [-0.1, -0.05) is 90.6 Å². The molecule has 2 saturated carbocycles. The molecule has 6 rings (SSSR count). The number of esters is 2. The van der Waals surface area contributed by atoms with Crippen molar-refractivity contribution in [3.63, 3.8) is 0 Å². The number of carbonyl (C=O) groups is 3. The van der Waals surface area contributed by atoms with Crippen molar-refractivity contribution in [3.05, 3.63) is 83.6 Å². The van der Waals surface area contributed by atoms with Crippen molar-refractivity contribution in [2.24, 2.45) is 28.1 Å². The van der Waals surface area contributed by atoms with Crippen LogP contribution in [0, 0.1) is 28.1 Å². The van der Waals surface area contributed by atoms with E-state index in [2.05, 4.69) is 53.9 Å². The number of carbonyl (C=O) groups excluding carboxylic acids is 3. The van der Waals surface area contributed by atoms with Gasteiger partial charge in [-0.05, 0) is 91.3 Å². The van der Waals surface area contributed by atoms with E-state index in [4.69, 9.17) is 42.0 Å². The number of Topliss-reactive ketones (excluding diaryl/α,β-unsaturated/α-hetero) is 1. The van der Waals surface area contributed by atoms with E-state index in [1.807, 2.05) is 61.5 Å². The van der Waals surface area contributed by atoms with Crippen LogP contribution in [-0.4, -0.2) is 99.6 Å². The highest BCUT2D eigenvalue weighted by atomic mass is 28.4. The molecule has 358 valence electrons. The average molecular weight is 935 g/mol. The van der Waals surface area contributed by atoms with Crippen LogP contribution in [0.5, 0.6) is 5.75 Å². The molecule has 2 aromatic carbocycles. The van der Waals surface area contributed by atoms with E-state index < -0.39 is 80.8 Å². The van der Waals surface area contributed by atoms with Crippen molar-refractivity contribution in [2.75, 3.05) is 41.2 Å². The molecule has 2 aromatic rings. The third-order valence-electron chi connectivity index (χ3n) is 16.3. The number of methoxy groups -OCH3 is 3. The topological polar surface area (TPSA) is 134 Å². The Morgan fingerprint density at radius 2 is 1.37 bits per heavy atom. The van der Waals surface area contributed by atoms with Crippen LogP contribution >= 0.6 is 0 Å². The monoisotopic (exact) mass is 934 g/mol. The highest BCUT2D eigenvalue weighted by Gasteiger charge is 2.86. The van der Waals surface area contributed by atoms with Crippen molar-refractivity contribution < 1.29 is 56.4 Å². The normalized spacial score (nSPS) is 30.6. The summed E-state index contributed by atoms with van der Waals surface area (Å²) in [5.41, 5.74) is 1.33. The Morgan fingerprint density at radius 1 is 0.785 bits per heavy atom. The molecule has 2 aliphatic carbocycles. The van der Waals surface area contributed by atoms with Crippen LogP contribution in [-0.2, 0) is 64.9 Å². The Balaban J connectivity index is 1.57. The van der Waals surface area contributed by atoms with Gasteiger partial charge in [-0.3, -0.25) is 9.59 Å². The second-order valence-corrected chi connectivity index (χ2v) is 28.1. The SMILES string of the molecule is C=C=C(CCCOCc1ccc(OC)cc1)[C@]1(C)C(=O)[C@@H]2OC[C@]3(C(=O)OC)[C@H](O[Si](CC)(CC)CC)C[C@H](O[Si](CC)(CC)CC)[C@@]4(CO[C@](OCc5ccccc5)(C(=O)OC)[C@@H]14)[C@@H]23. The van der Waals surface area contributed by atoms with Crippen LogP contribution in [0.25, 0.3) is 0 Å². The molecule has 14 heteroatoms. The Kier molecular flexibility index (Phi) is 16.3. The third kappa shape index (κ3) is 8.58. The van der Waals surface area contributed by atoms with Crippen molar-refractivity contribution in [2.45, 2.75) is 141 Å². The van der Waals surface area contributed by atoms with E-state index in [9.17, 15) is 0 Å². The fraction of sp³-hybridized carbons (Fsp3) is 0.647. The maximum atomic E-state index is 16.1. The Hall–Kier alpha value is -3.44. The summed E-state index contributed by atoms with van der Waals surface area (Å²) < 4.78 is 59.1. The summed E-state index contributed by atoms with van der Waals surface area (Å²) in [6.45, 7) is 19.6. The lowest BCUT2D eigenvalue weighted by Crippen LogP contribution is -2.76. The van der Waals surface area contributed by atoms with Gasteiger partial charge in [-0.15, -0.1) is 5.73 Å². The number of allylic oxidation sites excluding steroid dienone is 1. The lowest BCUT2D eigenvalue weighted by atomic mass is 9.39. The predicted molar refractivity (Wildman–Crippen MR) is 252 cm³/mol. The molecule has 65 heavy (non-hydrogen) atoms. The van der Waals surface area contributed by atoms with Gasteiger partial charge >= 0.3 is 11.9 Å². The Labute approximate surface area is 389 Å². The third-order valence-corrected chi connectivity index (χ3v) is 25.6. The second kappa shape index (κ2) is 20.8. The zero-order valence-electron chi connectivity index (χ0n) is 40.6. The maximum Gasteiger partial charge on any atom is 0.366 e. The first-order chi connectivity index (χ1) is 31.2. The summed E-state index contributed by atoms with van der Waals surface area (Å²) in [6.07, 6.45) is -1.29. The molecule has 0 amide bonds. The zero-order valence-corrected chi connectivity index (χ0v) is 42.6. The van der Waals surface area contributed by atoms with E-state index >= 15 is 14.4 Å². The molecule has 0 N–H and O–H groups in total. The molecule has 2 aliphatic heterocycles. The standard InChI is InChI=1S/C51H74O12Si2/c1-12-38(25-22-30-58-32-37-26-28-39(55-9)29-27-37)48(8)44(52)42-43-49(35-61-51(45(48)49,47(54)57-11)60-33-36-23-20-19-21-24-36)40(62-64(13-2,14-3)15-4)31-41(63-65(16-5,17-6)18-7)50(43,34-59-42)46(53)56-10/h19-21,23-24,26-29,40-43,45H,1,13-18,22,25,30-35H2,2-11H3/t40-,41+,42+,43+,45-,48+,49-,50-,51-/m0/s1. The van der Waals surface area contributed by atoms with Crippen molar-refractivity contribution in [3.8, 4) is 5.75 Å². The highest BCUT2D eigenvalue weighted by Crippen LogP contribution is 2.74. The molecule has 1 spiro atoms. The molecule has 0 radical (unpaired) electrons. The van der Waals surface area contributed by atoms with Gasteiger partial charge in [0.2, 0.25) is 0 Å². The molecule has 12 nitrogen and oxygen atoms in total. The predicted octanol–water partition coefficient (Wildman–Crippen LogP) is 9.37. The molecule has 4 fully saturated rings. The van der Waals surface area contributed by atoms with Gasteiger partial charge in [0.1, 0.15) is 17.3 Å². The number of ether oxygens (including phenoxy) is 7. The highest BCUT2D eigenvalue weighted by molar-refractivity contribution is 6.74. The van der Waals surface area contributed by atoms with Gasteiger partial charge in [0.25, 0.3) is 5.79 Å². The molecule has 0 unspecified atom stereocenters. The fourth-order valence-electron chi connectivity index (χ4n) is 12.3. The van der Waals surface area contributed by atoms with E-state index in [-0.39, 0.29) is 25.6 Å². The minimum Gasteiger partial charge on any atom is -0.497 e. The summed E-state index contributed by atoms with van der Waals surface area (Å²) in [5, 5.41) is 0. The van der Waals surface area contributed by atoms with E-state index in [1.165, 1.54) is 14.2 Å². The first-order valence-corrected chi connectivity index (χ1v) is 28.9. The summed E-state index contributed by atoms with van der Waals surface area (Å²) in [6, 6.07) is 22.3. The van der Waals surface area contributed by atoms with Crippen LogP contribution in [0.2, 0.25) is 36.3 Å². The molecule has 2 saturated heterocycles. The van der Waals surface area contributed by atoms with Crippen LogP contribution in [0.1, 0.15) is 78.9 Å². The largest absolute Gasteiger partial charge is 0.497 e. The number of hydrogen-bond donors (Lipinski definition) is 0. The number of hydrogen-bond acceptors (Lipinski definition) is 12. The van der Waals surface area contributed by atoms with E-state index in [0.29, 0.717) is 38.0 Å². The minimum atomic E-state index is -2.52. The van der Waals surface area contributed by atoms with Crippen LogP contribution in [0.4, 0.5) is 0 Å². The summed E-state index contributed by atoms with van der Waals surface area (Å²) in [7, 11) is -0.624. The van der Waals surface area contributed by atoms with Gasteiger partial charge < -0.3 is 42.0 Å². The summed E-state index contributed by atoms with van der Waals surface area (Å²) in [5.74, 6) is -4.95. The quantitative estimate of drug-likeness (QED) is 0.0455. The first-order valence-electron chi connectivity index (χ1n) is 23.8. The Bertz CT molecular complexity index is 2000. The first kappa shape index (κ1) is 51.0. The smallest absolute Gasteiger partial charge is 0.366 e. The fourth-order valence-corrected chi connectivity index (χ4v) is 18.1. The van der Waals surface area contributed by atoms with Gasteiger partial charge in [0, 0.05) is 17.9 Å². The minimum absolute atomic E-state index is 0.0294. The van der Waals surface area contributed by atoms with Gasteiger partial charge in [-0.25, -0.2) is 4.79 Å². The number of benzene rings is 2.